The Morgan fingerprint density at radius 2 is 2.00 bits per heavy atom. The van der Waals surface area contributed by atoms with Crippen molar-refractivity contribution < 1.29 is 5.11 Å². The van der Waals surface area contributed by atoms with Crippen molar-refractivity contribution >= 4 is 0 Å². The van der Waals surface area contributed by atoms with Crippen LogP contribution in [0.2, 0.25) is 0 Å². The molecule has 2 fully saturated rings. The number of benzene rings is 1. The van der Waals surface area contributed by atoms with E-state index in [9.17, 15) is 5.11 Å². The molecule has 0 radical (unpaired) electrons. The minimum atomic E-state index is -0.433. The van der Waals surface area contributed by atoms with Crippen LogP contribution in [0.25, 0.3) is 0 Å². The number of piperazine rings is 1. The fraction of sp³-hybridized carbons (Fsp3) is 0.611. The van der Waals surface area contributed by atoms with Crippen LogP contribution in [-0.2, 0) is 6.54 Å². The van der Waals surface area contributed by atoms with Gasteiger partial charge in [0.15, 0.2) is 5.82 Å². The molecule has 0 spiro atoms. The average molecular weight is 342 g/mol. The third kappa shape index (κ3) is 3.89. The lowest BCUT2D eigenvalue weighted by Gasteiger charge is -2.40. The third-order valence-electron chi connectivity index (χ3n) is 5.26. The number of nitrogens with zero attached hydrogens (tertiary/aromatic N) is 6. The van der Waals surface area contributed by atoms with Crippen molar-refractivity contribution in [3.05, 3.63) is 41.7 Å². The summed E-state index contributed by atoms with van der Waals surface area (Å²) in [5, 5.41) is 22.7. The molecule has 1 saturated heterocycles. The predicted molar refractivity (Wildman–Crippen MR) is 93.8 cm³/mol. The van der Waals surface area contributed by atoms with Crippen LogP contribution in [0, 0.1) is 0 Å². The molecule has 7 nitrogen and oxygen atoms in total. The Morgan fingerprint density at radius 1 is 1.20 bits per heavy atom. The van der Waals surface area contributed by atoms with E-state index in [1.807, 2.05) is 35.0 Å². The van der Waals surface area contributed by atoms with Crippen LogP contribution in [0.15, 0.2) is 30.3 Å². The highest BCUT2D eigenvalue weighted by Crippen LogP contribution is 2.34. The van der Waals surface area contributed by atoms with Crippen molar-refractivity contribution in [3.63, 3.8) is 0 Å². The van der Waals surface area contributed by atoms with Gasteiger partial charge >= 0.3 is 0 Å². The van der Waals surface area contributed by atoms with Crippen molar-refractivity contribution in [1.29, 1.82) is 0 Å². The smallest absolute Gasteiger partial charge is 0.165 e. The highest BCUT2D eigenvalue weighted by Gasteiger charge is 2.30. The minimum Gasteiger partial charge on any atom is -0.387 e. The van der Waals surface area contributed by atoms with Crippen LogP contribution in [0.3, 0.4) is 0 Å². The molecule has 1 saturated carbocycles. The number of tetrazole rings is 1. The highest BCUT2D eigenvalue weighted by atomic mass is 16.3. The summed E-state index contributed by atoms with van der Waals surface area (Å²) in [5.74, 6) is 0.979. The van der Waals surface area contributed by atoms with Gasteiger partial charge in [0.05, 0.1) is 18.7 Å². The molecule has 1 aliphatic heterocycles. The number of aliphatic hydroxyl groups excluding tert-OH is 1. The van der Waals surface area contributed by atoms with E-state index in [2.05, 4.69) is 32.2 Å². The van der Waals surface area contributed by atoms with Gasteiger partial charge in [-0.15, -0.1) is 5.10 Å². The first kappa shape index (κ1) is 16.6. The van der Waals surface area contributed by atoms with Crippen molar-refractivity contribution in [2.75, 3.05) is 26.2 Å². The van der Waals surface area contributed by atoms with Gasteiger partial charge in [-0.05, 0) is 35.8 Å². The van der Waals surface area contributed by atoms with E-state index in [0.717, 1.165) is 37.6 Å². The van der Waals surface area contributed by atoms with E-state index in [1.165, 1.54) is 12.8 Å². The van der Waals surface area contributed by atoms with Gasteiger partial charge in [-0.2, -0.15) is 0 Å². The van der Waals surface area contributed by atoms with Gasteiger partial charge in [0, 0.05) is 32.2 Å². The number of aromatic nitrogens is 4. The Kier molecular flexibility index (Phi) is 4.78. The number of hydrogen-bond acceptors (Lipinski definition) is 6. The quantitative estimate of drug-likeness (QED) is 0.852. The van der Waals surface area contributed by atoms with E-state index in [0.29, 0.717) is 18.6 Å². The van der Waals surface area contributed by atoms with Crippen LogP contribution < -0.4 is 0 Å². The summed E-state index contributed by atoms with van der Waals surface area (Å²) in [4.78, 5) is 4.79. The molecule has 1 aromatic carbocycles. The van der Waals surface area contributed by atoms with E-state index < -0.39 is 6.10 Å². The molecule has 2 aromatic rings. The molecule has 2 atom stereocenters. The van der Waals surface area contributed by atoms with Crippen molar-refractivity contribution in [3.8, 4) is 0 Å². The second-order valence-electron chi connectivity index (χ2n) is 7.28. The Hall–Kier alpha value is -1.83. The van der Waals surface area contributed by atoms with Gasteiger partial charge in [-0.3, -0.25) is 9.80 Å². The number of β-amino-alcohol motifs (C(OH)–C–C–N with tert-alkyl or cyclic N) is 1. The van der Waals surface area contributed by atoms with Crippen LogP contribution in [0.1, 0.15) is 43.3 Å². The maximum absolute atomic E-state index is 10.5. The SMILES string of the molecule is C[C@H]1CN(Cc2nnnn2C2CC2)CCN1C[C@H](O)c1ccccc1. The van der Waals surface area contributed by atoms with Crippen molar-refractivity contribution in [2.24, 2.45) is 0 Å². The standard InChI is InChI=1S/C18H26N6O/c1-14-11-22(13-18-19-20-21-24(18)16-7-8-16)9-10-23(14)12-17(25)15-5-3-2-4-6-15/h2-6,14,16-17,25H,7-13H2,1H3/t14-,17-/m0/s1. The molecule has 1 aromatic heterocycles. The molecule has 2 aliphatic rings. The van der Waals surface area contributed by atoms with Gasteiger partial charge in [0.25, 0.3) is 0 Å². The van der Waals surface area contributed by atoms with E-state index in [-0.39, 0.29) is 0 Å². The minimum absolute atomic E-state index is 0.400. The molecule has 2 heterocycles. The summed E-state index contributed by atoms with van der Waals surface area (Å²) < 4.78 is 2.00. The molecular formula is C18H26N6O. The molecule has 0 unspecified atom stereocenters. The number of rotatable bonds is 6. The first-order valence-corrected chi connectivity index (χ1v) is 9.17. The lowest BCUT2D eigenvalue weighted by molar-refractivity contribution is 0.0349. The second kappa shape index (κ2) is 7.19. The summed E-state index contributed by atoms with van der Waals surface area (Å²) in [6, 6.07) is 10.8. The first-order chi connectivity index (χ1) is 12.2. The monoisotopic (exact) mass is 342 g/mol. The Morgan fingerprint density at radius 3 is 2.72 bits per heavy atom. The highest BCUT2D eigenvalue weighted by molar-refractivity contribution is 5.17. The Bertz CT molecular complexity index is 686. The van der Waals surface area contributed by atoms with Gasteiger partial charge in [-0.1, -0.05) is 30.3 Å². The molecule has 1 N–H and O–H groups in total. The lowest BCUT2D eigenvalue weighted by Crippen LogP contribution is -2.52. The van der Waals surface area contributed by atoms with E-state index in [4.69, 9.17) is 0 Å². The zero-order chi connectivity index (χ0) is 17.2. The van der Waals surface area contributed by atoms with Crippen molar-refractivity contribution in [1.82, 2.24) is 30.0 Å². The molecular weight excluding hydrogens is 316 g/mol. The fourth-order valence-electron chi connectivity index (χ4n) is 3.61. The summed E-state index contributed by atoms with van der Waals surface area (Å²) in [7, 11) is 0. The zero-order valence-electron chi connectivity index (χ0n) is 14.7. The topological polar surface area (TPSA) is 70.3 Å². The predicted octanol–water partition coefficient (Wildman–Crippen LogP) is 1.25. The van der Waals surface area contributed by atoms with Crippen LogP contribution in [0.5, 0.6) is 0 Å². The van der Waals surface area contributed by atoms with Crippen LogP contribution in [-0.4, -0.2) is 67.3 Å². The zero-order valence-corrected chi connectivity index (χ0v) is 14.7. The molecule has 134 valence electrons. The molecule has 0 amide bonds. The van der Waals surface area contributed by atoms with E-state index in [1.54, 1.807) is 0 Å². The van der Waals surface area contributed by atoms with Gasteiger partial charge in [0.1, 0.15) is 0 Å². The second-order valence-corrected chi connectivity index (χ2v) is 7.28. The number of hydrogen-bond donors (Lipinski definition) is 1. The van der Waals surface area contributed by atoms with Crippen LogP contribution in [0.4, 0.5) is 0 Å². The first-order valence-electron chi connectivity index (χ1n) is 9.17. The third-order valence-corrected chi connectivity index (χ3v) is 5.26. The summed E-state index contributed by atoms with van der Waals surface area (Å²) in [5.41, 5.74) is 0.987. The molecule has 25 heavy (non-hydrogen) atoms. The summed E-state index contributed by atoms with van der Waals surface area (Å²) in [6.45, 7) is 6.62. The molecule has 1 aliphatic carbocycles. The van der Waals surface area contributed by atoms with Gasteiger partial charge in [-0.25, -0.2) is 4.68 Å². The maximum Gasteiger partial charge on any atom is 0.165 e. The summed E-state index contributed by atoms with van der Waals surface area (Å²) in [6.07, 6.45) is 1.96. The van der Waals surface area contributed by atoms with Gasteiger partial charge in [0.2, 0.25) is 0 Å². The molecule has 4 rings (SSSR count). The van der Waals surface area contributed by atoms with Gasteiger partial charge < -0.3 is 5.11 Å². The molecule has 0 bridgehead atoms. The van der Waals surface area contributed by atoms with E-state index >= 15 is 0 Å². The van der Waals surface area contributed by atoms with Crippen LogP contribution >= 0.6 is 0 Å². The normalized spacial score (nSPS) is 23.7. The fourth-order valence-corrected chi connectivity index (χ4v) is 3.61. The Labute approximate surface area is 148 Å². The largest absolute Gasteiger partial charge is 0.387 e. The lowest BCUT2D eigenvalue weighted by atomic mass is 10.1. The average Bonchev–Trinajstić information content (AvgIpc) is 3.37. The number of aliphatic hydroxyl groups is 1. The maximum atomic E-state index is 10.5. The summed E-state index contributed by atoms with van der Waals surface area (Å²) >= 11 is 0. The van der Waals surface area contributed by atoms with Crippen molar-refractivity contribution in [2.45, 2.75) is 44.5 Å². The Balaban J connectivity index is 1.32. The molecule has 7 heteroatoms.